The van der Waals surface area contributed by atoms with E-state index in [1.165, 1.54) is 24.9 Å². The van der Waals surface area contributed by atoms with E-state index in [-0.39, 0.29) is 0 Å². The Bertz CT molecular complexity index is 86.9. The minimum Gasteiger partial charge on any atom is -0.417 e. The average Bonchev–Trinajstić information content (AvgIpc) is 2.16. The third-order valence-corrected chi connectivity index (χ3v) is 5.95. The fraction of sp³-hybridized carbons (Fsp3) is 1.00. The minimum atomic E-state index is -1.09. The summed E-state index contributed by atoms with van der Waals surface area (Å²) in [6, 6.07) is 2.77. The molecular formula is C7H16OSi. The van der Waals surface area contributed by atoms with E-state index in [1.54, 1.807) is 0 Å². The van der Waals surface area contributed by atoms with E-state index < -0.39 is 8.32 Å². The first-order valence-electron chi connectivity index (χ1n) is 3.91. The van der Waals surface area contributed by atoms with E-state index in [9.17, 15) is 0 Å². The Morgan fingerprint density at radius 2 is 2.33 bits per heavy atom. The van der Waals surface area contributed by atoms with Crippen LogP contribution >= 0.6 is 0 Å². The van der Waals surface area contributed by atoms with E-state index in [1.807, 2.05) is 0 Å². The van der Waals surface area contributed by atoms with Gasteiger partial charge in [-0.1, -0.05) is 13.3 Å². The zero-order chi connectivity index (χ0) is 6.74. The molecule has 54 valence electrons. The topological polar surface area (TPSA) is 9.23 Å². The van der Waals surface area contributed by atoms with Crippen LogP contribution < -0.4 is 0 Å². The van der Waals surface area contributed by atoms with Crippen molar-refractivity contribution in [3.8, 4) is 0 Å². The summed E-state index contributed by atoms with van der Waals surface area (Å²) < 4.78 is 5.72. The van der Waals surface area contributed by atoms with Gasteiger partial charge in [-0.25, -0.2) is 0 Å². The maximum Gasteiger partial charge on any atom is 0.189 e. The second-order valence-electron chi connectivity index (χ2n) is 3.15. The molecule has 0 amide bonds. The van der Waals surface area contributed by atoms with Gasteiger partial charge in [0, 0.05) is 6.61 Å². The summed E-state index contributed by atoms with van der Waals surface area (Å²) in [7, 11) is -1.09. The van der Waals surface area contributed by atoms with Crippen LogP contribution in [-0.4, -0.2) is 14.9 Å². The number of hydrogen-bond acceptors (Lipinski definition) is 1. The van der Waals surface area contributed by atoms with E-state index in [0.29, 0.717) is 0 Å². The van der Waals surface area contributed by atoms with Gasteiger partial charge in [-0.15, -0.1) is 0 Å². The van der Waals surface area contributed by atoms with Crippen LogP contribution in [0.5, 0.6) is 0 Å². The van der Waals surface area contributed by atoms with Gasteiger partial charge in [0.1, 0.15) is 0 Å². The predicted octanol–water partition coefficient (Wildman–Crippen LogP) is 2.39. The smallest absolute Gasteiger partial charge is 0.189 e. The standard InChI is InChI=1S/C7H16OSi/c1-3-6-9(2)7-4-5-8-9/h3-7H2,1-2H3. The Morgan fingerprint density at radius 1 is 1.56 bits per heavy atom. The van der Waals surface area contributed by atoms with E-state index in [2.05, 4.69) is 13.5 Å². The molecule has 1 atom stereocenters. The summed E-state index contributed by atoms with van der Waals surface area (Å²) in [6.07, 6.45) is 2.63. The van der Waals surface area contributed by atoms with Gasteiger partial charge in [0.25, 0.3) is 0 Å². The largest absolute Gasteiger partial charge is 0.417 e. The number of hydrogen-bond donors (Lipinski definition) is 0. The molecule has 0 N–H and O–H groups in total. The molecule has 2 heteroatoms. The first kappa shape index (κ1) is 7.29. The van der Waals surface area contributed by atoms with Crippen molar-refractivity contribution in [1.82, 2.24) is 0 Å². The van der Waals surface area contributed by atoms with Crippen molar-refractivity contribution >= 4 is 8.32 Å². The van der Waals surface area contributed by atoms with Crippen LogP contribution in [0.4, 0.5) is 0 Å². The SMILES string of the molecule is CCC[Si]1(C)CCCO1. The van der Waals surface area contributed by atoms with Crippen LogP contribution in [0.3, 0.4) is 0 Å². The summed E-state index contributed by atoms with van der Waals surface area (Å²) in [5, 5.41) is 0. The van der Waals surface area contributed by atoms with Gasteiger partial charge in [-0.3, -0.25) is 0 Å². The molecule has 0 aromatic carbocycles. The van der Waals surface area contributed by atoms with Gasteiger partial charge >= 0.3 is 0 Å². The van der Waals surface area contributed by atoms with Crippen LogP contribution in [0.15, 0.2) is 0 Å². The van der Waals surface area contributed by atoms with Crippen molar-refractivity contribution < 1.29 is 4.43 Å². The second-order valence-corrected chi connectivity index (χ2v) is 7.34. The fourth-order valence-electron chi connectivity index (χ4n) is 1.56. The molecule has 0 spiro atoms. The normalized spacial score (nSPS) is 35.3. The summed E-state index contributed by atoms with van der Waals surface area (Å²) in [5.74, 6) is 0. The van der Waals surface area contributed by atoms with Crippen molar-refractivity contribution in [3.63, 3.8) is 0 Å². The van der Waals surface area contributed by atoms with Gasteiger partial charge in [-0.05, 0) is 25.1 Å². The molecule has 1 nitrogen and oxygen atoms in total. The molecule has 1 unspecified atom stereocenters. The third kappa shape index (κ3) is 1.80. The maximum absolute atomic E-state index is 5.72. The molecule has 0 aliphatic carbocycles. The third-order valence-electron chi connectivity index (χ3n) is 2.08. The van der Waals surface area contributed by atoms with Crippen molar-refractivity contribution in [2.24, 2.45) is 0 Å². The molecule has 9 heavy (non-hydrogen) atoms. The zero-order valence-electron chi connectivity index (χ0n) is 6.44. The molecule has 1 aliphatic rings. The lowest BCUT2D eigenvalue weighted by Gasteiger charge is -2.18. The van der Waals surface area contributed by atoms with E-state index in [4.69, 9.17) is 4.43 Å². The summed E-state index contributed by atoms with van der Waals surface area (Å²) in [4.78, 5) is 0. The molecule has 0 radical (unpaired) electrons. The first-order valence-corrected chi connectivity index (χ1v) is 6.73. The van der Waals surface area contributed by atoms with E-state index >= 15 is 0 Å². The molecule has 1 rings (SSSR count). The monoisotopic (exact) mass is 144 g/mol. The molecular weight excluding hydrogens is 128 g/mol. The molecule has 0 saturated carbocycles. The highest BCUT2D eigenvalue weighted by Gasteiger charge is 2.31. The first-order chi connectivity index (χ1) is 4.27. The summed E-state index contributed by atoms with van der Waals surface area (Å²) >= 11 is 0. The van der Waals surface area contributed by atoms with Crippen LogP contribution in [0.2, 0.25) is 18.6 Å². The van der Waals surface area contributed by atoms with Gasteiger partial charge in [0.2, 0.25) is 0 Å². The van der Waals surface area contributed by atoms with Crippen molar-refractivity contribution in [3.05, 3.63) is 0 Å². The van der Waals surface area contributed by atoms with Crippen molar-refractivity contribution in [2.45, 2.75) is 38.4 Å². The fourth-order valence-corrected chi connectivity index (χ4v) is 4.69. The van der Waals surface area contributed by atoms with Crippen molar-refractivity contribution in [2.75, 3.05) is 6.61 Å². The molecule has 1 aliphatic heterocycles. The lowest BCUT2D eigenvalue weighted by molar-refractivity contribution is 0.345. The highest BCUT2D eigenvalue weighted by molar-refractivity contribution is 6.73. The number of rotatable bonds is 2. The molecule has 0 bridgehead atoms. The summed E-state index contributed by atoms with van der Waals surface area (Å²) in [6.45, 7) is 5.66. The zero-order valence-corrected chi connectivity index (χ0v) is 7.44. The lowest BCUT2D eigenvalue weighted by Crippen LogP contribution is -2.27. The Kier molecular flexibility index (Phi) is 2.30. The Hall–Kier alpha value is 0.177. The molecule has 1 fully saturated rings. The molecule has 1 heterocycles. The second kappa shape index (κ2) is 2.84. The molecule has 0 aromatic rings. The molecule has 1 saturated heterocycles. The predicted molar refractivity (Wildman–Crippen MR) is 42.1 cm³/mol. The Balaban J connectivity index is 2.32. The highest BCUT2D eigenvalue weighted by atomic mass is 28.4. The Labute approximate surface area is 58.5 Å². The highest BCUT2D eigenvalue weighted by Crippen LogP contribution is 2.26. The quantitative estimate of drug-likeness (QED) is 0.541. The van der Waals surface area contributed by atoms with Crippen LogP contribution in [-0.2, 0) is 4.43 Å². The lowest BCUT2D eigenvalue weighted by atomic mass is 10.5. The average molecular weight is 144 g/mol. The van der Waals surface area contributed by atoms with Gasteiger partial charge in [-0.2, -0.15) is 0 Å². The van der Waals surface area contributed by atoms with Gasteiger partial charge < -0.3 is 4.43 Å². The van der Waals surface area contributed by atoms with Gasteiger partial charge in [0.05, 0.1) is 0 Å². The maximum atomic E-state index is 5.72. The van der Waals surface area contributed by atoms with E-state index in [0.717, 1.165) is 6.61 Å². The van der Waals surface area contributed by atoms with Crippen LogP contribution in [0.25, 0.3) is 0 Å². The van der Waals surface area contributed by atoms with Crippen molar-refractivity contribution in [1.29, 1.82) is 0 Å². The Morgan fingerprint density at radius 3 is 2.78 bits per heavy atom. The molecule has 0 aromatic heterocycles. The van der Waals surface area contributed by atoms with Crippen LogP contribution in [0, 0.1) is 0 Å². The van der Waals surface area contributed by atoms with Gasteiger partial charge in [0.15, 0.2) is 8.32 Å². The minimum absolute atomic E-state index is 1.04. The summed E-state index contributed by atoms with van der Waals surface area (Å²) in [5.41, 5.74) is 0. The van der Waals surface area contributed by atoms with Crippen LogP contribution in [0.1, 0.15) is 19.8 Å².